The lowest BCUT2D eigenvalue weighted by Crippen LogP contribution is -2.51. The number of furan rings is 1. The summed E-state index contributed by atoms with van der Waals surface area (Å²) in [6, 6.07) is 15.4. The summed E-state index contributed by atoms with van der Waals surface area (Å²) in [7, 11) is -3.49. The van der Waals surface area contributed by atoms with E-state index in [9.17, 15) is 18.0 Å². The maximum Gasteiger partial charge on any atom is 0.294 e. The Bertz CT molecular complexity index is 1280. The zero-order valence-electron chi connectivity index (χ0n) is 17.9. The highest BCUT2D eigenvalue weighted by Gasteiger charge is 2.35. The van der Waals surface area contributed by atoms with Crippen LogP contribution < -0.4 is 14.5 Å². The normalized spacial score (nSPS) is 15.9. The molecule has 2 aromatic carbocycles. The van der Waals surface area contributed by atoms with Gasteiger partial charge in [-0.25, -0.2) is 8.42 Å². The van der Waals surface area contributed by atoms with Gasteiger partial charge in [0.25, 0.3) is 5.91 Å². The van der Waals surface area contributed by atoms with Crippen molar-refractivity contribution < 1.29 is 22.4 Å². The maximum absolute atomic E-state index is 13.2. The molecule has 1 aliphatic rings. The van der Waals surface area contributed by atoms with Gasteiger partial charge in [-0.3, -0.25) is 14.3 Å². The molecule has 9 heteroatoms. The number of carbonyl (C=O) groups excluding carboxylic acids is 2. The minimum atomic E-state index is -3.49. The predicted octanol–water partition coefficient (Wildman–Crippen LogP) is 3.72. The number of amides is 2. The quantitative estimate of drug-likeness (QED) is 0.649. The number of nitrogens with one attached hydrogen (secondary N) is 1. The van der Waals surface area contributed by atoms with Gasteiger partial charge >= 0.3 is 0 Å². The lowest BCUT2D eigenvalue weighted by molar-refractivity contribution is -0.117. The molecule has 4 rings (SSSR count). The molecule has 0 fully saturated rings. The Morgan fingerprint density at radius 3 is 2.47 bits per heavy atom. The van der Waals surface area contributed by atoms with E-state index in [-0.39, 0.29) is 23.6 Å². The molecule has 166 valence electrons. The van der Waals surface area contributed by atoms with Crippen molar-refractivity contribution in [3.05, 3.63) is 66.6 Å². The van der Waals surface area contributed by atoms with Crippen LogP contribution in [0, 0.1) is 0 Å². The average molecular weight is 454 g/mol. The molecule has 2 amide bonds. The van der Waals surface area contributed by atoms with E-state index in [1.807, 2.05) is 13.0 Å². The van der Waals surface area contributed by atoms with Crippen molar-refractivity contribution in [3.8, 4) is 11.1 Å². The fourth-order valence-corrected chi connectivity index (χ4v) is 4.60. The molecule has 1 N–H and O–H groups in total. The summed E-state index contributed by atoms with van der Waals surface area (Å²) in [4.78, 5) is 28.8. The Kier molecular flexibility index (Phi) is 5.52. The average Bonchev–Trinajstić information content (AvgIpc) is 3.26. The minimum Gasteiger partial charge on any atom is -0.459 e. The van der Waals surface area contributed by atoms with Gasteiger partial charge in [0, 0.05) is 19.0 Å². The first kappa shape index (κ1) is 21.6. The van der Waals surface area contributed by atoms with Gasteiger partial charge in [0.15, 0.2) is 5.76 Å². The highest BCUT2D eigenvalue weighted by atomic mass is 32.2. The van der Waals surface area contributed by atoms with E-state index in [0.29, 0.717) is 34.7 Å². The first-order valence-electron chi connectivity index (χ1n) is 10.0. The number of sulfonamides is 1. The molecule has 0 spiro atoms. The molecule has 1 aliphatic heterocycles. The van der Waals surface area contributed by atoms with E-state index in [4.69, 9.17) is 4.42 Å². The third-order valence-corrected chi connectivity index (χ3v) is 5.85. The smallest absolute Gasteiger partial charge is 0.294 e. The fourth-order valence-electron chi connectivity index (χ4n) is 4.02. The number of nitrogens with zero attached hydrogens (tertiary/aromatic N) is 2. The van der Waals surface area contributed by atoms with E-state index >= 15 is 0 Å². The Balaban J connectivity index is 1.86. The van der Waals surface area contributed by atoms with Gasteiger partial charge in [-0.05, 0) is 42.8 Å². The highest BCUT2D eigenvalue weighted by Crippen LogP contribution is 2.41. The minimum absolute atomic E-state index is 0.129. The topological polar surface area (TPSA) is 99.9 Å². The van der Waals surface area contributed by atoms with Crippen LogP contribution in [0.25, 0.3) is 11.1 Å². The third-order valence-electron chi connectivity index (χ3n) is 5.26. The van der Waals surface area contributed by atoms with Gasteiger partial charge in [0.2, 0.25) is 15.9 Å². The summed E-state index contributed by atoms with van der Waals surface area (Å²) in [5, 5.41) is 0. The van der Waals surface area contributed by atoms with E-state index < -0.39 is 10.0 Å². The van der Waals surface area contributed by atoms with Crippen molar-refractivity contribution in [3.63, 3.8) is 0 Å². The van der Waals surface area contributed by atoms with Crippen LogP contribution in [0.4, 0.5) is 17.1 Å². The lowest BCUT2D eigenvalue weighted by atomic mass is 9.99. The van der Waals surface area contributed by atoms with Crippen molar-refractivity contribution >= 4 is 38.9 Å². The molecule has 0 saturated carbocycles. The van der Waals surface area contributed by atoms with E-state index in [2.05, 4.69) is 4.72 Å². The molecule has 0 radical (unpaired) electrons. The molecule has 1 aromatic heterocycles. The van der Waals surface area contributed by atoms with Crippen LogP contribution in [0.2, 0.25) is 0 Å². The van der Waals surface area contributed by atoms with Gasteiger partial charge in [-0.2, -0.15) is 0 Å². The maximum atomic E-state index is 13.2. The molecular formula is C23H23N3O5S. The molecule has 2 heterocycles. The monoisotopic (exact) mass is 453 g/mol. The van der Waals surface area contributed by atoms with Crippen molar-refractivity contribution in [1.82, 2.24) is 0 Å². The van der Waals surface area contributed by atoms with Gasteiger partial charge in [0.05, 0.1) is 35.6 Å². The Hall–Kier alpha value is -3.59. The van der Waals surface area contributed by atoms with Crippen LogP contribution in [-0.2, 0) is 14.8 Å². The summed E-state index contributed by atoms with van der Waals surface area (Å²) in [5.74, 6) is -0.245. The lowest BCUT2D eigenvalue weighted by Gasteiger charge is -2.40. The Labute approximate surface area is 186 Å². The first-order valence-corrected chi connectivity index (χ1v) is 11.9. The summed E-state index contributed by atoms with van der Waals surface area (Å²) in [6.45, 7) is 3.66. The molecule has 0 unspecified atom stereocenters. The molecular weight excluding hydrogens is 430 g/mol. The number of carbonyl (C=O) groups is 2. The van der Waals surface area contributed by atoms with Crippen molar-refractivity contribution in [1.29, 1.82) is 0 Å². The van der Waals surface area contributed by atoms with E-state index in [1.54, 1.807) is 58.3 Å². The number of hydrogen-bond acceptors (Lipinski definition) is 5. The third kappa shape index (κ3) is 4.11. The van der Waals surface area contributed by atoms with Gasteiger partial charge in [-0.15, -0.1) is 0 Å². The number of anilines is 3. The van der Waals surface area contributed by atoms with Gasteiger partial charge in [-0.1, -0.05) is 24.3 Å². The second-order valence-electron chi connectivity index (χ2n) is 7.75. The van der Waals surface area contributed by atoms with E-state index in [0.717, 1.165) is 6.26 Å². The van der Waals surface area contributed by atoms with Crippen LogP contribution in [0.1, 0.15) is 24.4 Å². The standard InChI is InChI=1S/C23H23N3O5S/c1-15-14-25(23(28)22-9-6-12-31-22)21-13-17(10-11-20(21)26(15)16(2)27)18-7-4-5-8-19(18)24-32(3,29)30/h4-13,15,24H,14H2,1-3H3/t15-/m0/s1. The van der Waals surface area contributed by atoms with Gasteiger partial charge < -0.3 is 14.2 Å². The number of hydrogen-bond donors (Lipinski definition) is 1. The Morgan fingerprint density at radius 2 is 1.81 bits per heavy atom. The van der Waals surface area contributed by atoms with E-state index in [1.165, 1.54) is 13.2 Å². The largest absolute Gasteiger partial charge is 0.459 e. The van der Waals surface area contributed by atoms with Crippen molar-refractivity contribution in [2.24, 2.45) is 0 Å². The number of benzene rings is 2. The van der Waals surface area contributed by atoms with Crippen LogP contribution in [0.3, 0.4) is 0 Å². The number of fused-ring (bicyclic) bond motifs is 1. The Morgan fingerprint density at radius 1 is 1.06 bits per heavy atom. The van der Waals surface area contributed by atoms with Crippen LogP contribution >= 0.6 is 0 Å². The summed E-state index contributed by atoms with van der Waals surface area (Å²) < 4.78 is 31.5. The highest BCUT2D eigenvalue weighted by molar-refractivity contribution is 7.92. The predicted molar refractivity (Wildman–Crippen MR) is 123 cm³/mol. The second-order valence-corrected chi connectivity index (χ2v) is 9.50. The van der Waals surface area contributed by atoms with Crippen LogP contribution in [0.5, 0.6) is 0 Å². The first-order chi connectivity index (χ1) is 15.2. The molecule has 8 nitrogen and oxygen atoms in total. The van der Waals surface area contributed by atoms with Crippen molar-refractivity contribution in [2.75, 3.05) is 27.3 Å². The SMILES string of the molecule is CC(=O)N1c2ccc(-c3ccccc3NS(C)(=O)=O)cc2N(C(=O)c2ccco2)C[C@@H]1C. The zero-order chi connectivity index (χ0) is 23.0. The van der Waals surface area contributed by atoms with Crippen LogP contribution in [0.15, 0.2) is 65.3 Å². The number of para-hydroxylation sites is 1. The van der Waals surface area contributed by atoms with Gasteiger partial charge in [0.1, 0.15) is 0 Å². The summed E-state index contributed by atoms with van der Waals surface area (Å²) >= 11 is 0. The molecule has 0 saturated heterocycles. The molecule has 1 atom stereocenters. The molecule has 32 heavy (non-hydrogen) atoms. The fraction of sp³-hybridized carbons (Fsp3) is 0.217. The molecule has 0 aliphatic carbocycles. The summed E-state index contributed by atoms with van der Waals surface area (Å²) in [6.07, 6.45) is 2.53. The van der Waals surface area contributed by atoms with Crippen LogP contribution in [-0.4, -0.2) is 39.1 Å². The molecule has 0 bridgehead atoms. The second kappa shape index (κ2) is 8.16. The zero-order valence-corrected chi connectivity index (χ0v) is 18.7. The molecule has 3 aromatic rings. The summed E-state index contributed by atoms with van der Waals surface area (Å²) in [5.41, 5.74) is 2.93. The van der Waals surface area contributed by atoms with Crippen molar-refractivity contribution in [2.45, 2.75) is 19.9 Å². The number of rotatable bonds is 4.